The maximum atomic E-state index is 13.1. The number of benzene rings is 1. The second-order valence-corrected chi connectivity index (χ2v) is 7.37. The van der Waals surface area contributed by atoms with Crippen LogP contribution in [0.25, 0.3) is 11.3 Å². The lowest BCUT2D eigenvalue weighted by Gasteiger charge is -2.36. The number of hydrogen-bond acceptors (Lipinski definition) is 4. The summed E-state index contributed by atoms with van der Waals surface area (Å²) in [7, 11) is 0. The van der Waals surface area contributed by atoms with Crippen LogP contribution in [0.3, 0.4) is 0 Å². The molecule has 5 nitrogen and oxygen atoms in total. The SMILES string of the molecule is CCCC(CCC)C(=O)N1CCN(c2ccc(-c3ccc(F)cc3)nn2)CC1. The normalized spacial score (nSPS) is 14.6. The molecule has 0 N–H and O–H groups in total. The number of piperazine rings is 1. The third-order valence-corrected chi connectivity index (χ3v) is 5.33. The summed E-state index contributed by atoms with van der Waals surface area (Å²) in [5, 5.41) is 8.63. The van der Waals surface area contributed by atoms with E-state index in [-0.39, 0.29) is 11.7 Å². The Morgan fingerprint density at radius 3 is 2.14 bits per heavy atom. The van der Waals surface area contributed by atoms with Crippen molar-refractivity contribution in [2.45, 2.75) is 39.5 Å². The van der Waals surface area contributed by atoms with Crippen LogP contribution in [-0.2, 0) is 4.79 Å². The van der Waals surface area contributed by atoms with E-state index in [9.17, 15) is 9.18 Å². The molecule has 6 heteroatoms. The van der Waals surface area contributed by atoms with Gasteiger partial charge in [0.1, 0.15) is 5.82 Å². The van der Waals surface area contributed by atoms with Gasteiger partial charge in [0, 0.05) is 37.7 Å². The fraction of sp³-hybridized carbons (Fsp3) is 0.500. The molecular weight excluding hydrogens is 355 g/mol. The molecule has 0 radical (unpaired) electrons. The van der Waals surface area contributed by atoms with Crippen LogP contribution in [0, 0.1) is 11.7 Å². The van der Waals surface area contributed by atoms with Gasteiger partial charge >= 0.3 is 0 Å². The molecule has 150 valence electrons. The van der Waals surface area contributed by atoms with Gasteiger partial charge in [0.15, 0.2) is 5.82 Å². The van der Waals surface area contributed by atoms with Crippen LogP contribution in [0.15, 0.2) is 36.4 Å². The van der Waals surface area contributed by atoms with E-state index in [1.54, 1.807) is 12.1 Å². The van der Waals surface area contributed by atoms with Gasteiger partial charge < -0.3 is 9.80 Å². The van der Waals surface area contributed by atoms with E-state index in [0.29, 0.717) is 5.91 Å². The Labute approximate surface area is 166 Å². The monoisotopic (exact) mass is 384 g/mol. The fourth-order valence-electron chi connectivity index (χ4n) is 3.77. The van der Waals surface area contributed by atoms with E-state index in [4.69, 9.17) is 0 Å². The number of anilines is 1. The summed E-state index contributed by atoms with van der Waals surface area (Å²) >= 11 is 0. The Hall–Kier alpha value is -2.50. The summed E-state index contributed by atoms with van der Waals surface area (Å²) in [5.74, 6) is 1.02. The molecule has 0 saturated carbocycles. The highest BCUT2D eigenvalue weighted by molar-refractivity contribution is 5.79. The van der Waals surface area contributed by atoms with Crippen LogP contribution in [0.4, 0.5) is 10.2 Å². The van der Waals surface area contributed by atoms with Gasteiger partial charge in [0.25, 0.3) is 0 Å². The molecule has 3 rings (SSSR count). The van der Waals surface area contributed by atoms with Crippen molar-refractivity contribution in [3.63, 3.8) is 0 Å². The van der Waals surface area contributed by atoms with Crippen molar-refractivity contribution in [2.24, 2.45) is 5.92 Å². The number of carbonyl (C=O) groups excluding carboxylic acids is 1. The van der Waals surface area contributed by atoms with Crippen molar-refractivity contribution >= 4 is 11.7 Å². The lowest BCUT2D eigenvalue weighted by molar-refractivity contribution is -0.136. The lowest BCUT2D eigenvalue weighted by Crippen LogP contribution is -2.50. The smallest absolute Gasteiger partial charge is 0.225 e. The number of aromatic nitrogens is 2. The molecular formula is C22H29FN4O. The van der Waals surface area contributed by atoms with Crippen molar-refractivity contribution in [2.75, 3.05) is 31.1 Å². The first-order valence-electron chi connectivity index (χ1n) is 10.3. The summed E-state index contributed by atoms with van der Waals surface area (Å²) in [4.78, 5) is 17.0. The number of hydrogen-bond donors (Lipinski definition) is 0. The average Bonchev–Trinajstić information content (AvgIpc) is 2.74. The predicted octanol–water partition coefficient (Wildman–Crippen LogP) is 4.15. The summed E-state index contributed by atoms with van der Waals surface area (Å²) < 4.78 is 13.1. The Kier molecular flexibility index (Phi) is 6.95. The third-order valence-electron chi connectivity index (χ3n) is 5.33. The number of amides is 1. The van der Waals surface area contributed by atoms with Crippen molar-refractivity contribution in [1.82, 2.24) is 15.1 Å². The molecule has 1 aliphatic rings. The Morgan fingerprint density at radius 1 is 0.964 bits per heavy atom. The molecule has 1 fully saturated rings. The summed E-state index contributed by atoms with van der Waals surface area (Å²) in [6.07, 6.45) is 4.05. The zero-order chi connectivity index (χ0) is 19.9. The zero-order valence-electron chi connectivity index (χ0n) is 16.8. The largest absolute Gasteiger partial charge is 0.352 e. The van der Waals surface area contributed by atoms with Gasteiger partial charge in [-0.3, -0.25) is 4.79 Å². The number of halogens is 1. The van der Waals surface area contributed by atoms with Crippen LogP contribution < -0.4 is 4.90 Å². The first kappa shape index (κ1) is 20.2. The van der Waals surface area contributed by atoms with Gasteiger partial charge in [0.2, 0.25) is 5.91 Å². The fourth-order valence-corrected chi connectivity index (χ4v) is 3.77. The van der Waals surface area contributed by atoms with Crippen LogP contribution in [0.2, 0.25) is 0 Å². The quantitative estimate of drug-likeness (QED) is 0.720. The van der Waals surface area contributed by atoms with E-state index in [2.05, 4.69) is 28.9 Å². The van der Waals surface area contributed by atoms with E-state index in [0.717, 1.165) is 68.9 Å². The first-order chi connectivity index (χ1) is 13.6. The molecule has 0 atom stereocenters. The molecule has 0 bridgehead atoms. The molecule has 1 aromatic heterocycles. The first-order valence-corrected chi connectivity index (χ1v) is 10.3. The highest BCUT2D eigenvalue weighted by atomic mass is 19.1. The number of nitrogens with zero attached hydrogens (tertiary/aromatic N) is 4. The van der Waals surface area contributed by atoms with Crippen molar-refractivity contribution < 1.29 is 9.18 Å². The topological polar surface area (TPSA) is 49.3 Å². The molecule has 1 amide bonds. The Balaban J connectivity index is 1.58. The molecule has 0 spiro atoms. The second-order valence-electron chi connectivity index (χ2n) is 7.37. The van der Waals surface area contributed by atoms with Crippen LogP contribution in [-0.4, -0.2) is 47.2 Å². The van der Waals surface area contributed by atoms with E-state index in [1.165, 1.54) is 12.1 Å². The molecule has 1 aliphatic heterocycles. The second kappa shape index (κ2) is 9.62. The maximum Gasteiger partial charge on any atom is 0.225 e. The van der Waals surface area contributed by atoms with Gasteiger partial charge in [-0.05, 0) is 49.2 Å². The minimum atomic E-state index is -0.263. The predicted molar refractivity (Wildman–Crippen MR) is 110 cm³/mol. The molecule has 2 heterocycles. The van der Waals surface area contributed by atoms with Crippen LogP contribution in [0.5, 0.6) is 0 Å². The van der Waals surface area contributed by atoms with E-state index < -0.39 is 0 Å². The van der Waals surface area contributed by atoms with Crippen molar-refractivity contribution in [3.05, 3.63) is 42.2 Å². The highest BCUT2D eigenvalue weighted by Crippen LogP contribution is 2.21. The molecule has 28 heavy (non-hydrogen) atoms. The van der Waals surface area contributed by atoms with Gasteiger partial charge in [-0.2, -0.15) is 0 Å². The molecule has 2 aromatic rings. The minimum absolute atomic E-state index is 0.163. The zero-order valence-corrected chi connectivity index (χ0v) is 16.8. The van der Waals surface area contributed by atoms with Crippen LogP contribution in [0.1, 0.15) is 39.5 Å². The van der Waals surface area contributed by atoms with E-state index in [1.807, 2.05) is 17.0 Å². The van der Waals surface area contributed by atoms with Gasteiger partial charge in [0.05, 0.1) is 5.69 Å². The molecule has 1 saturated heterocycles. The Morgan fingerprint density at radius 2 is 1.61 bits per heavy atom. The van der Waals surface area contributed by atoms with Crippen molar-refractivity contribution in [3.8, 4) is 11.3 Å². The van der Waals surface area contributed by atoms with Gasteiger partial charge in [-0.1, -0.05) is 26.7 Å². The number of rotatable bonds is 7. The molecule has 0 unspecified atom stereocenters. The number of carbonyl (C=O) groups is 1. The molecule has 1 aromatic carbocycles. The summed E-state index contributed by atoms with van der Waals surface area (Å²) in [6, 6.07) is 10.1. The summed E-state index contributed by atoms with van der Waals surface area (Å²) in [5.41, 5.74) is 1.56. The van der Waals surface area contributed by atoms with Gasteiger partial charge in [-0.15, -0.1) is 10.2 Å². The maximum absolute atomic E-state index is 13.1. The molecule has 0 aliphatic carbocycles. The van der Waals surface area contributed by atoms with Crippen LogP contribution >= 0.6 is 0 Å². The minimum Gasteiger partial charge on any atom is -0.352 e. The highest BCUT2D eigenvalue weighted by Gasteiger charge is 2.27. The third kappa shape index (κ3) is 4.86. The van der Waals surface area contributed by atoms with E-state index >= 15 is 0 Å². The average molecular weight is 384 g/mol. The Bertz CT molecular complexity index is 749. The standard InChI is InChI=1S/C22H29FN4O/c1-3-5-18(6-4-2)22(28)27-15-13-26(14-16-27)21-12-11-20(24-25-21)17-7-9-19(23)10-8-17/h7-12,18H,3-6,13-16H2,1-2H3. The lowest BCUT2D eigenvalue weighted by atomic mass is 9.96. The van der Waals surface area contributed by atoms with Crippen molar-refractivity contribution in [1.29, 1.82) is 0 Å². The van der Waals surface area contributed by atoms with Gasteiger partial charge in [-0.25, -0.2) is 4.39 Å². The summed E-state index contributed by atoms with van der Waals surface area (Å²) in [6.45, 7) is 7.27.